The first-order valence-corrected chi connectivity index (χ1v) is 6.34. The molecule has 1 saturated heterocycles. The molecule has 1 aliphatic rings. The average Bonchev–Trinajstić information content (AvgIpc) is 2.47. The predicted octanol–water partition coefficient (Wildman–Crippen LogP) is 0.0865. The normalized spacial score (nSPS) is 27.0. The molecule has 19 heavy (non-hydrogen) atoms. The van der Waals surface area contributed by atoms with Gasteiger partial charge in [-0.2, -0.15) is 5.06 Å². The third-order valence-corrected chi connectivity index (χ3v) is 3.53. The summed E-state index contributed by atoms with van der Waals surface area (Å²) < 4.78 is 5.28. The highest BCUT2D eigenvalue weighted by atomic mass is 16.6. The molecule has 0 aromatic carbocycles. The van der Waals surface area contributed by atoms with Gasteiger partial charge in [-0.3, -0.25) is 0 Å². The van der Waals surface area contributed by atoms with Crippen molar-refractivity contribution in [2.75, 3.05) is 13.2 Å². The number of nitrogens with one attached hydrogen (secondary N) is 1. The van der Waals surface area contributed by atoms with Gasteiger partial charge in [-0.1, -0.05) is 0 Å². The summed E-state index contributed by atoms with van der Waals surface area (Å²) in [4.78, 5) is 11.6. The smallest absolute Gasteiger partial charge is 0.407 e. The molecule has 0 aromatic heterocycles. The van der Waals surface area contributed by atoms with E-state index in [9.17, 15) is 10.0 Å². The van der Waals surface area contributed by atoms with Crippen molar-refractivity contribution in [1.82, 2.24) is 10.4 Å². The van der Waals surface area contributed by atoms with E-state index >= 15 is 0 Å². The Morgan fingerprint density at radius 2 is 2.05 bits per heavy atom. The molecule has 7 nitrogen and oxygen atoms in total. The number of carbonyl (C=O) groups excluding carboxylic acids is 1. The van der Waals surface area contributed by atoms with Crippen molar-refractivity contribution in [2.45, 2.75) is 57.4 Å². The zero-order valence-electron chi connectivity index (χ0n) is 11.9. The van der Waals surface area contributed by atoms with Gasteiger partial charge in [0.05, 0.1) is 18.2 Å². The largest absolute Gasteiger partial charge is 0.444 e. The Kier molecular flexibility index (Phi) is 4.78. The molecule has 1 aliphatic heterocycles. The molecule has 0 radical (unpaired) electrons. The summed E-state index contributed by atoms with van der Waals surface area (Å²) in [6.07, 6.45) is -1.63. The van der Waals surface area contributed by atoms with Crippen molar-refractivity contribution < 1.29 is 25.0 Å². The number of carbonyl (C=O) groups is 1. The quantitative estimate of drug-likeness (QED) is 0.580. The van der Waals surface area contributed by atoms with E-state index in [1.165, 1.54) is 5.06 Å². The van der Waals surface area contributed by atoms with Crippen molar-refractivity contribution in [2.24, 2.45) is 0 Å². The number of rotatable bonds is 4. The number of hydrogen-bond donors (Lipinski definition) is 4. The van der Waals surface area contributed by atoms with E-state index in [2.05, 4.69) is 5.32 Å². The van der Waals surface area contributed by atoms with Crippen LogP contribution in [0.3, 0.4) is 0 Å². The Labute approximate surface area is 113 Å². The third-order valence-electron chi connectivity index (χ3n) is 3.53. The fourth-order valence-electron chi connectivity index (χ4n) is 2.33. The standard InChI is InChI=1S/C12H24N2O5/c1-11(2)5-9(12(3,4)14(11)18)19-10(17)13-6-8(16)7-15/h8-9,15-16,18H,5-7H2,1-4H3,(H,13,17). The second-order valence-corrected chi connectivity index (χ2v) is 6.09. The van der Waals surface area contributed by atoms with Crippen LogP contribution in [0.2, 0.25) is 0 Å². The van der Waals surface area contributed by atoms with Gasteiger partial charge < -0.3 is 25.5 Å². The van der Waals surface area contributed by atoms with Crippen LogP contribution < -0.4 is 5.32 Å². The molecule has 0 saturated carbocycles. The first-order valence-electron chi connectivity index (χ1n) is 6.34. The van der Waals surface area contributed by atoms with E-state index in [-0.39, 0.29) is 6.54 Å². The van der Waals surface area contributed by atoms with Gasteiger partial charge in [0.25, 0.3) is 0 Å². The number of hydrogen-bond acceptors (Lipinski definition) is 6. The fourth-order valence-corrected chi connectivity index (χ4v) is 2.33. The van der Waals surface area contributed by atoms with Crippen LogP contribution in [0.4, 0.5) is 4.79 Å². The lowest BCUT2D eigenvalue weighted by Crippen LogP contribution is -2.50. The van der Waals surface area contributed by atoms with Crippen molar-refractivity contribution in [3.8, 4) is 0 Å². The number of nitrogens with zero attached hydrogens (tertiary/aromatic N) is 1. The van der Waals surface area contributed by atoms with Crippen LogP contribution in [0.1, 0.15) is 34.1 Å². The molecule has 2 atom stereocenters. The number of ether oxygens (including phenoxy) is 1. The number of alkyl carbamates (subject to hydrolysis) is 1. The summed E-state index contributed by atoms with van der Waals surface area (Å²) in [6, 6.07) is 0. The maximum absolute atomic E-state index is 11.6. The van der Waals surface area contributed by atoms with Crippen LogP contribution >= 0.6 is 0 Å². The predicted molar refractivity (Wildman–Crippen MR) is 67.8 cm³/mol. The zero-order chi connectivity index (χ0) is 14.8. The molecule has 1 heterocycles. The van der Waals surface area contributed by atoms with Crippen LogP contribution in [0.5, 0.6) is 0 Å². The van der Waals surface area contributed by atoms with Crippen molar-refractivity contribution >= 4 is 6.09 Å². The van der Waals surface area contributed by atoms with Crippen LogP contribution in [0.25, 0.3) is 0 Å². The van der Waals surface area contributed by atoms with Crippen LogP contribution in [0.15, 0.2) is 0 Å². The Bertz CT molecular complexity index is 332. The van der Waals surface area contributed by atoms with Gasteiger partial charge in [0.2, 0.25) is 0 Å². The van der Waals surface area contributed by atoms with Gasteiger partial charge in [-0.05, 0) is 27.7 Å². The van der Waals surface area contributed by atoms with Gasteiger partial charge >= 0.3 is 6.09 Å². The lowest BCUT2D eigenvalue weighted by molar-refractivity contribution is -0.201. The number of amides is 1. The van der Waals surface area contributed by atoms with Gasteiger partial charge in [-0.15, -0.1) is 0 Å². The molecular weight excluding hydrogens is 252 g/mol. The van der Waals surface area contributed by atoms with E-state index in [1.807, 2.05) is 13.8 Å². The van der Waals surface area contributed by atoms with Crippen LogP contribution in [-0.4, -0.2) is 63.0 Å². The molecule has 112 valence electrons. The van der Waals surface area contributed by atoms with E-state index in [4.69, 9.17) is 14.9 Å². The van der Waals surface area contributed by atoms with E-state index in [0.29, 0.717) is 6.42 Å². The molecular formula is C12H24N2O5. The molecule has 1 amide bonds. The summed E-state index contributed by atoms with van der Waals surface area (Å²) in [6.45, 7) is 6.82. The van der Waals surface area contributed by atoms with Crippen LogP contribution in [0, 0.1) is 0 Å². The second-order valence-electron chi connectivity index (χ2n) is 6.09. The lowest BCUT2D eigenvalue weighted by Gasteiger charge is -2.35. The molecule has 0 bridgehead atoms. The summed E-state index contributed by atoms with van der Waals surface area (Å²) in [5, 5.41) is 31.4. The maximum atomic E-state index is 11.6. The topological polar surface area (TPSA) is 102 Å². The number of hydroxylamine groups is 2. The molecule has 0 aromatic rings. The maximum Gasteiger partial charge on any atom is 0.407 e. The van der Waals surface area contributed by atoms with Gasteiger partial charge in [-0.25, -0.2) is 4.79 Å². The highest BCUT2D eigenvalue weighted by molar-refractivity contribution is 5.67. The Balaban J connectivity index is 2.56. The number of aliphatic hydroxyl groups excluding tert-OH is 2. The summed E-state index contributed by atoms with van der Waals surface area (Å²) in [5.74, 6) is 0. The van der Waals surface area contributed by atoms with Crippen molar-refractivity contribution in [3.05, 3.63) is 0 Å². The van der Waals surface area contributed by atoms with Gasteiger partial charge in [0, 0.05) is 18.5 Å². The molecule has 1 rings (SSSR count). The third kappa shape index (κ3) is 3.56. The first kappa shape index (κ1) is 16.2. The second kappa shape index (κ2) is 5.62. The first-order chi connectivity index (χ1) is 8.61. The molecule has 2 unspecified atom stereocenters. The van der Waals surface area contributed by atoms with E-state index in [0.717, 1.165) is 0 Å². The summed E-state index contributed by atoms with van der Waals surface area (Å²) in [7, 11) is 0. The fraction of sp³-hybridized carbons (Fsp3) is 0.917. The molecule has 7 heteroatoms. The Morgan fingerprint density at radius 3 is 2.47 bits per heavy atom. The number of aliphatic hydroxyl groups is 2. The highest BCUT2D eigenvalue weighted by Gasteiger charge is 2.53. The van der Waals surface area contributed by atoms with Gasteiger partial charge in [0.15, 0.2) is 0 Å². The lowest BCUT2D eigenvalue weighted by atomic mass is 9.97. The molecule has 0 aliphatic carbocycles. The van der Waals surface area contributed by atoms with E-state index in [1.54, 1.807) is 13.8 Å². The van der Waals surface area contributed by atoms with Crippen LogP contribution in [-0.2, 0) is 4.74 Å². The SMILES string of the molecule is CC1(C)CC(OC(=O)NCC(O)CO)C(C)(C)N1O. The minimum absolute atomic E-state index is 0.0747. The zero-order valence-corrected chi connectivity index (χ0v) is 11.9. The Hall–Kier alpha value is -0.890. The minimum Gasteiger partial charge on any atom is -0.444 e. The van der Waals surface area contributed by atoms with Crippen molar-refractivity contribution in [3.63, 3.8) is 0 Å². The summed E-state index contributed by atoms with van der Waals surface area (Å²) in [5.41, 5.74) is -1.16. The van der Waals surface area contributed by atoms with Gasteiger partial charge in [0.1, 0.15) is 6.10 Å². The average molecular weight is 276 g/mol. The monoisotopic (exact) mass is 276 g/mol. The highest BCUT2D eigenvalue weighted by Crippen LogP contribution is 2.40. The van der Waals surface area contributed by atoms with E-state index < -0.39 is 36.0 Å². The van der Waals surface area contributed by atoms with Crippen molar-refractivity contribution in [1.29, 1.82) is 0 Å². The summed E-state index contributed by atoms with van der Waals surface area (Å²) >= 11 is 0. The Morgan fingerprint density at radius 1 is 1.47 bits per heavy atom. The molecule has 1 fully saturated rings. The molecule has 0 spiro atoms. The molecule has 4 N–H and O–H groups in total. The minimum atomic E-state index is -1.00.